The van der Waals surface area contributed by atoms with Crippen LogP contribution < -0.4 is 10.6 Å². The van der Waals surface area contributed by atoms with Crippen molar-refractivity contribution >= 4 is 17.8 Å². The van der Waals surface area contributed by atoms with Crippen molar-refractivity contribution in [2.75, 3.05) is 6.61 Å². The van der Waals surface area contributed by atoms with Crippen molar-refractivity contribution in [1.82, 2.24) is 10.6 Å². The number of esters is 1. The van der Waals surface area contributed by atoms with Gasteiger partial charge in [-0.15, -0.1) is 0 Å². The molecule has 0 saturated heterocycles. The first kappa shape index (κ1) is 22.6. The molecule has 0 aliphatic heterocycles. The summed E-state index contributed by atoms with van der Waals surface area (Å²) in [6.45, 7) is 3.96. The summed E-state index contributed by atoms with van der Waals surface area (Å²) in [6.07, 6.45) is 4.80. The summed E-state index contributed by atoms with van der Waals surface area (Å²) in [5.74, 6) is -0.471. The number of amides is 2. The zero-order valence-corrected chi connectivity index (χ0v) is 18.0. The number of carbonyl (C=O) groups is 3. The van der Waals surface area contributed by atoms with Crippen LogP contribution in [0.2, 0.25) is 0 Å². The highest BCUT2D eigenvalue weighted by atomic mass is 16.5. The normalized spacial score (nSPS) is 21.7. The Morgan fingerprint density at radius 2 is 1.87 bits per heavy atom. The maximum absolute atomic E-state index is 12.7. The summed E-state index contributed by atoms with van der Waals surface area (Å²) < 4.78 is 10.4. The van der Waals surface area contributed by atoms with Gasteiger partial charge in [-0.2, -0.15) is 0 Å². The Kier molecular flexibility index (Phi) is 7.87. The highest BCUT2D eigenvalue weighted by Crippen LogP contribution is 2.29. The lowest BCUT2D eigenvalue weighted by Gasteiger charge is -2.34. The van der Waals surface area contributed by atoms with Gasteiger partial charge in [0.2, 0.25) is 0 Å². The highest BCUT2D eigenvalue weighted by Gasteiger charge is 2.29. The molecule has 0 spiro atoms. The Morgan fingerprint density at radius 1 is 1.10 bits per heavy atom. The molecule has 0 radical (unpaired) electrons. The van der Waals surface area contributed by atoms with Crippen molar-refractivity contribution in [1.29, 1.82) is 0 Å². The van der Waals surface area contributed by atoms with E-state index < -0.39 is 17.9 Å². The summed E-state index contributed by atoms with van der Waals surface area (Å²) in [5, 5.41) is 5.63. The summed E-state index contributed by atoms with van der Waals surface area (Å²) in [7, 11) is 0. The minimum absolute atomic E-state index is 0.0914. The first-order valence-corrected chi connectivity index (χ1v) is 10.8. The lowest BCUT2D eigenvalue weighted by Crippen LogP contribution is -2.47. The minimum atomic E-state index is -0.943. The SMILES string of the molecule is C[C@@H]1[C@H](C)CCC[C@@H]1NC(=O)COC(=O)[C@H](Cc1ccccc1)NC(=O)c1ccco1. The molecule has 2 N–H and O–H groups in total. The van der Waals surface area contributed by atoms with Gasteiger partial charge in [0.15, 0.2) is 12.4 Å². The van der Waals surface area contributed by atoms with Crippen LogP contribution in [0.5, 0.6) is 0 Å². The Bertz CT molecular complexity index is 865. The quantitative estimate of drug-likeness (QED) is 0.632. The third kappa shape index (κ3) is 6.44. The summed E-state index contributed by atoms with van der Waals surface area (Å²) >= 11 is 0. The molecule has 1 aromatic heterocycles. The maximum Gasteiger partial charge on any atom is 0.329 e. The number of benzene rings is 1. The largest absolute Gasteiger partial charge is 0.459 e. The first-order chi connectivity index (χ1) is 14.9. The zero-order valence-electron chi connectivity index (χ0n) is 18.0. The molecular weight excluding hydrogens is 396 g/mol. The third-order valence-electron chi connectivity index (χ3n) is 6.02. The van der Waals surface area contributed by atoms with E-state index in [1.165, 1.54) is 18.8 Å². The number of furan rings is 1. The van der Waals surface area contributed by atoms with Crippen LogP contribution in [0.3, 0.4) is 0 Å². The van der Waals surface area contributed by atoms with E-state index in [2.05, 4.69) is 24.5 Å². The second-order valence-electron chi connectivity index (χ2n) is 8.24. The van der Waals surface area contributed by atoms with E-state index in [1.807, 2.05) is 30.3 Å². The summed E-state index contributed by atoms with van der Waals surface area (Å²) in [6, 6.07) is 11.6. The van der Waals surface area contributed by atoms with Crippen LogP contribution in [0.15, 0.2) is 53.1 Å². The van der Waals surface area contributed by atoms with Crippen molar-refractivity contribution in [3.63, 3.8) is 0 Å². The van der Waals surface area contributed by atoms with E-state index in [0.29, 0.717) is 11.8 Å². The third-order valence-corrected chi connectivity index (χ3v) is 6.02. The monoisotopic (exact) mass is 426 g/mol. The van der Waals surface area contributed by atoms with E-state index in [1.54, 1.807) is 6.07 Å². The fourth-order valence-electron chi connectivity index (χ4n) is 3.95. The molecule has 1 aliphatic carbocycles. The second kappa shape index (κ2) is 10.8. The molecule has 2 aromatic rings. The van der Waals surface area contributed by atoms with Gasteiger partial charge < -0.3 is 19.8 Å². The van der Waals surface area contributed by atoms with Gasteiger partial charge in [-0.1, -0.05) is 57.0 Å². The molecular formula is C24H30N2O5. The van der Waals surface area contributed by atoms with Crippen molar-refractivity contribution in [2.45, 2.75) is 51.6 Å². The predicted molar refractivity (Wildman–Crippen MR) is 115 cm³/mol. The molecule has 1 heterocycles. The van der Waals surface area contributed by atoms with Crippen LogP contribution in [-0.2, 0) is 20.7 Å². The average Bonchev–Trinajstić information content (AvgIpc) is 3.31. The first-order valence-electron chi connectivity index (χ1n) is 10.8. The summed E-state index contributed by atoms with van der Waals surface area (Å²) in [5.41, 5.74) is 0.860. The van der Waals surface area contributed by atoms with Gasteiger partial charge >= 0.3 is 5.97 Å². The number of hydrogen-bond acceptors (Lipinski definition) is 5. The molecule has 2 amide bonds. The Balaban J connectivity index is 1.58. The van der Waals surface area contributed by atoms with E-state index in [-0.39, 0.29) is 30.7 Å². The van der Waals surface area contributed by atoms with Gasteiger partial charge in [0.05, 0.1) is 6.26 Å². The smallest absolute Gasteiger partial charge is 0.329 e. The van der Waals surface area contributed by atoms with Gasteiger partial charge in [0.25, 0.3) is 11.8 Å². The molecule has 3 rings (SSSR count). The molecule has 1 saturated carbocycles. The van der Waals surface area contributed by atoms with E-state index in [9.17, 15) is 14.4 Å². The lowest BCUT2D eigenvalue weighted by atomic mass is 9.78. The van der Waals surface area contributed by atoms with Crippen molar-refractivity contribution < 1.29 is 23.5 Å². The molecule has 31 heavy (non-hydrogen) atoms. The summed E-state index contributed by atoms with van der Waals surface area (Å²) in [4.78, 5) is 37.5. The van der Waals surface area contributed by atoms with Gasteiger partial charge in [-0.05, 0) is 36.0 Å². The van der Waals surface area contributed by atoms with E-state index >= 15 is 0 Å². The van der Waals surface area contributed by atoms with Crippen molar-refractivity contribution in [3.8, 4) is 0 Å². The van der Waals surface area contributed by atoms with Crippen LogP contribution in [0.1, 0.15) is 49.2 Å². The molecule has 7 heteroatoms. The number of nitrogens with one attached hydrogen (secondary N) is 2. The van der Waals surface area contributed by atoms with Crippen LogP contribution in [0.25, 0.3) is 0 Å². The fourth-order valence-corrected chi connectivity index (χ4v) is 3.95. The van der Waals surface area contributed by atoms with Crippen LogP contribution in [0, 0.1) is 11.8 Å². The van der Waals surface area contributed by atoms with Crippen LogP contribution in [-0.4, -0.2) is 36.5 Å². The maximum atomic E-state index is 12.7. The standard InChI is InChI=1S/C24H30N2O5/c1-16-8-6-11-19(17(16)2)25-22(27)15-31-24(29)20(14-18-9-4-3-5-10-18)26-23(28)21-12-7-13-30-21/h3-5,7,9-10,12-13,16-17,19-20H,6,8,11,14-15H2,1-2H3,(H,25,27)(H,26,28)/t16-,17-,19+,20+/m1/s1. The lowest BCUT2D eigenvalue weighted by molar-refractivity contribution is -0.150. The molecule has 166 valence electrons. The predicted octanol–water partition coefficient (Wildman–Crippen LogP) is 3.10. The molecule has 0 bridgehead atoms. The van der Waals surface area contributed by atoms with Crippen LogP contribution in [0.4, 0.5) is 0 Å². The van der Waals surface area contributed by atoms with Crippen LogP contribution >= 0.6 is 0 Å². The topological polar surface area (TPSA) is 97.6 Å². The molecule has 1 aromatic carbocycles. The van der Waals surface area contributed by atoms with E-state index in [0.717, 1.165) is 18.4 Å². The zero-order chi connectivity index (χ0) is 22.2. The van der Waals surface area contributed by atoms with Crippen molar-refractivity contribution in [2.24, 2.45) is 11.8 Å². The van der Waals surface area contributed by atoms with E-state index in [4.69, 9.17) is 9.15 Å². The fraction of sp³-hybridized carbons (Fsp3) is 0.458. The Morgan fingerprint density at radius 3 is 2.58 bits per heavy atom. The number of carbonyl (C=O) groups excluding carboxylic acids is 3. The molecule has 0 unspecified atom stereocenters. The molecule has 7 nitrogen and oxygen atoms in total. The molecule has 4 atom stereocenters. The van der Waals surface area contributed by atoms with Gasteiger partial charge in [-0.25, -0.2) is 4.79 Å². The average molecular weight is 427 g/mol. The van der Waals surface area contributed by atoms with Gasteiger partial charge in [0, 0.05) is 12.5 Å². The van der Waals surface area contributed by atoms with Crippen molar-refractivity contribution in [3.05, 3.63) is 60.1 Å². The number of ether oxygens (including phenoxy) is 1. The second-order valence-corrected chi connectivity index (χ2v) is 8.24. The molecule has 1 fully saturated rings. The number of rotatable bonds is 8. The number of hydrogen-bond donors (Lipinski definition) is 2. The molecule has 1 aliphatic rings. The van der Waals surface area contributed by atoms with Gasteiger partial charge in [0.1, 0.15) is 6.04 Å². The Labute approximate surface area is 182 Å². The van der Waals surface area contributed by atoms with Gasteiger partial charge in [-0.3, -0.25) is 9.59 Å². The minimum Gasteiger partial charge on any atom is -0.459 e. The highest BCUT2D eigenvalue weighted by molar-refractivity contribution is 5.94. The Hall–Kier alpha value is -3.09.